The van der Waals surface area contributed by atoms with Crippen LogP contribution in [0, 0.1) is 0 Å². The molecule has 0 aliphatic rings. The van der Waals surface area contributed by atoms with Crippen molar-refractivity contribution in [2.75, 3.05) is 34.4 Å². The van der Waals surface area contributed by atoms with E-state index < -0.39 is 0 Å². The quantitative estimate of drug-likeness (QED) is 0.737. The van der Waals surface area contributed by atoms with Crippen molar-refractivity contribution in [3.8, 4) is 11.5 Å². The molecule has 0 fully saturated rings. The normalized spacial score (nSPS) is 12.6. The Morgan fingerprint density at radius 3 is 2.56 bits per heavy atom. The lowest BCUT2D eigenvalue weighted by Crippen LogP contribution is -2.40. The topological polar surface area (TPSA) is 73.7 Å². The third-order valence-electron chi connectivity index (χ3n) is 2.78. The van der Waals surface area contributed by atoms with Crippen LogP contribution in [0.25, 0.3) is 0 Å². The maximum atomic E-state index is 5.83. The van der Waals surface area contributed by atoms with Gasteiger partial charge in [-0.15, -0.1) is 0 Å². The van der Waals surface area contributed by atoms with Crippen LogP contribution in [-0.2, 0) is 6.54 Å². The van der Waals surface area contributed by atoms with Crippen molar-refractivity contribution >= 4 is 0 Å². The van der Waals surface area contributed by atoms with Gasteiger partial charge in [-0.25, -0.2) is 0 Å². The monoisotopic (exact) mass is 253 g/mol. The number of likely N-dealkylation sites (N-methyl/N-ethyl adjacent to an activating group) is 1. The molecule has 0 aliphatic heterocycles. The lowest BCUT2D eigenvalue weighted by Gasteiger charge is -2.21. The number of nitrogens with zero attached hydrogens (tertiary/aromatic N) is 1. The van der Waals surface area contributed by atoms with Crippen molar-refractivity contribution in [1.82, 2.24) is 4.90 Å². The number of hydrogen-bond acceptors (Lipinski definition) is 5. The number of benzene rings is 1. The zero-order chi connectivity index (χ0) is 13.5. The van der Waals surface area contributed by atoms with E-state index >= 15 is 0 Å². The highest BCUT2D eigenvalue weighted by Gasteiger charge is 2.10. The van der Waals surface area contributed by atoms with Gasteiger partial charge in [0, 0.05) is 37.3 Å². The standard InChI is InChI=1S/C13H23N3O2/c1-16(9-11(15)7-14)8-10-4-5-12(17-2)6-13(10)18-3/h4-6,11H,7-9,14-15H2,1-3H3. The van der Waals surface area contributed by atoms with Crippen LogP contribution in [0.3, 0.4) is 0 Å². The fourth-order valence-corrected chi connectivity index (χ4v) is 1.81. The van der Waals surface area contributed by atoms with Crippen molar-refractivity contribution in [3.63, 3.8) is 0 Å². The third-order valence-corrected chi connectivity index (χ3v) is 2.78. The largest absolute Gasteiger partial charge is 0.497 e. The molecule has 1 rings (SSSR count). The molecule has 0 radical (unpaired) electrons. The molecule has 1 atom stereocenters. The van der Waals surface area contributed by atoms with Crippen molar-refractivity contribution in [2.45, 2.75) is 12.6 Å². The highest BCUT2D eigenvalue weighted by molar-refractivity contribution is 5.40. The summed E-state index contributed by atoms with van der Waals surface area (Å²) >= 11 is 0. The molecule has 1 aromatic rings. The summed E-state index contributed by atoms with van der Waals surface area (Å²) in [4.78, 5) is 2.13. The van der Waals surface area contributed by atoms with Gasteiger partial charge in [0.05, 0.1) is 14.2 Å². The van der Waals surface area contributed by atoms with E-state index in [2.05, 4.69) is 4.90 Å². The summed E-state index contributed by atoms with van der Waals surface area (Å²) in [6, 6.07) is 5.81. The summed E-state index contributed by atoms with van der Waals surface area (Å²) < 4.78 is 10.5. The third kappa shape index (κ3) is 4.18. The van der Waals surface area contributed by atoms with Gasteiger partial charge < -0.3 is 25.8 Å². The molecule has 5 nitrogen and oxygen atoms in total. The highest BCUT2D eigenvalue weighted by Crippen LogP contribution is 2.25. The van der Waals surface area contributed by atoms with E-state index in [4.69, 9.17) is 20.9 Å². The van der Waals surface area contributed by atoms with Gasteiger partial charge in [-0.3, -0.25) is 0 Å². The summed E-state index contributed by atoms with van der Waals surface area (Å²) in [6.45, 7) is 2.01. The second-order valence-electron chi connectivity index (χ2n) is 4.37. The summed E-state index contributed by atoms with van der Waals surface area (Å²) in [7, 11) is 5.31. The van der Waals surface area contributed by atoms with Crippen LogP contribution in [0.2, 0.25) is 0 Å². The number of methoxy groups -OCH3 is 2. The van der Waals surface area contributed by atoms with E-state index in [1.807, 2.05) is 25.2 Å². The van der Waals surface area contributed by atoms with Crippen LogP contribution in [0.5, 0.6) is 11.5 Å². The predicted molar refractivity (Wildman–Crippen MR) is 72.9 cm³/mol. The van der Waals surface area contributed by atoms with E-state index in [0.717, 1.165) is 30.2 Å². The molecule has 1 aromatic carbocycles. The molecule has 0 saturated carbocycles. The molecule has 102 valence electrons. The van der Waals surface area contributed by atoms with Crippen LogP contribution in [0.4, 0.5) is 0 Å². The van der Waals surface area contributed by atoms with Crippen LogP contribution < -0.4 is 20.9 Å². The van der Waals surface area contributed by atoms with Crippen molar-refractivity contribution < 1.29 is 9.47 Å². The summed E-state index contributed by atoms with van der Waals surface area (Å²) in [6.07, 6.45) is 0. The van der Waals surface area contributed by atoms with Gasteiger partial charge >= 0.3 is 0 Å². The van der Waals surface area contributed by atoms with Crippen LogP contribution in [-0.4, -0.2) is 45.3 Å². The second-order valence-corrected chi connectivity index (χ2v) is 4.37. The molecule has 0 aromatic heterocycles. The first-order valence-electron chi connectivity index (χ1n) is 5.95. The van der Waals surface area contributed by atoms with E-state index in [-0.39, 0.29) is 6.04 Å². The minimum atomic E-state index is -0.000701. The molecule has 0 aliphatic carbocycles. The van der Waals surface area contributed by atoms with E-state index in [9.17, 15) is 0 Å². The fraction of sp³-hybridized carbons (Fsp3) is 0.538. The Morgan fingerprint density at radius 2 is 2.00 bits per heavy atom. The van der Waals surface area contributed by atoms with Gasteiger partial charge in [0.1, 0.15) is 11.5 Å². The molecule has 0 amide bonds. The van der Waals surface area contributed by atoms with Crippen LogP contribution in [0.1, 0.15) is 5.56 Å². The first-order chi connectivity index (χ1) is 8.60. The van der Waals surface area contributed by atoms with E-state index in [0.29, 0.717) is 6.54 Å². The Morgan fingerprint density at radius 1 is 1.28 bits per heavy atom. The Kier molecular flexibility index (Phi) is 5.91. The molecular weight excluding hydrogens is 230 g/mol. The zero-order valence-electron chi connectivity index (χ0n) is 11.3. The number of rotatable bonds is 7. The van der Waals surface area contributed by atoms with E-state index in [1.165, 1.54) is 0 Å². The maximum absolute atomic E-state index is 5.83. The molecule has 5 heteroatoms. The Balaban J connectivity index is 2.71. The Bertz CT molecular complexity index is 371. The molecule has 0 bridgehead atoms. The minimum absolute atomic E-state index is 0.000701. The Hall–Kier alpha value is -1.30. The van der Waals surface area contributed by atoms with Gasteiger partial charge in [-0.2, -0.15) is 0 Å². The molecule has 0 saturated heterocycles. The lowest BCUT2D eigenvalue weighted by atomic mass is 10.1. The SMILES string of the molecule is COc1ccc(CN(C)CC(N)CN)c(OC)c1. The minimum Gasteiger partial charge on any atom is -0.497 e. The average molecular weight is 253 g/mol. The number of nitrogens with two attached hydrogens (primary N) is 2. The average Bonchev–Trinajstić information content (AvgIpc) is 2.38. The second kappa shape index (κ2) is 7.20. The van der Waals surface area contributed by atoms with Crippen molar-refractivity contribution in [1.29, 1.82) is 0 Å². The maximum Gasteiger partial charge on any atom is 0.127 e. The van der Waals surface area contributed by atoms with Gasteiger partial charge in [0.2, 0.25) is 0 Å². The van der Waals surface area contributed by atoms with Gasteiger partial charge in [-0.1, -0.05) is 6.07 Å². The van der Waals surface area contributed by atoms with Gasteiger partial charge in [-0.05, 0) is 13.1 Å². The molecule has 1 unspecified atom stereocenters. The predicted octanol–water partition coefficient (Wildman–Crippen LogP) is 0.422. The van der Waals surface area contributed by atoms with E-state index in [1.54, 1.807) is 14.2 Å². The van der Waals surface area contributed by atoms with Crippen molar-refractivity contribution in [2.24, 2.45) is 11.5 Å². The molecule has 0 heterocycles. The molecule has 18 heavy (non-hydrogen) atoms. The summed E-state index contributed by atoms with van der Waals surface area (Å²) in [5.74, 6) is 1.61. The molecule has 0 spiro atoms. The highest BCUT2D eigenvalue weighted by atomic mass is 16.5. The first-order valence-corrected chi connectivity index (χ1v) is 5.95. The number of ether oxygens (including phenoxy) is 2. The number of hydrogen-bond donors (Lipinski definition) is 2. The molecule has 4 N–H and O–H groups in total. The zero-order valence-corrected chi connectivity index (χ0v) is 11.3. The first kappa shape index (κ1) is 14.8. The lowest BCUT2D eigenvalue weighted by molar-refractivity contribution is 0.297. The summed E-state index contributed by atoms with van der Waals surface area (Å²) in [5, 5.41) is 0. The van der Waals surface area contributed by atoms with Crippen LogP contribution in [0.15, 0.2) is 18.2 Å². The fourth-order valence-electron chi connectivity index (χ4n) is 1.81. The molecular formula is C13H23N3O2. The van der Waals surface area contributed by atoms with Crippen molar-refractivity contribution in [3.05, 3.63) is 23.8 Å². The van der Waals surface area contributed by atoms with Crippen LogP contribution >= 0.6 is 0 Å². The Labute approximate surface area is 109 Å². The van der Waals surface area contributed by atoms with Gasteiger partial charge in [0.15, 0.2) is 0 Å². The summed E-state index contributed by atoms with van der Waals surface area (Å²) in [5.41, 5.74) is 12.4. The smallest absolute Gasteiger partial charge is 0.127 e. The van der Waals surface area contributed by atoms with Gasteiger partial charge in [0.25, 0.3) is 0 Å².